The molecule has 4 nitrogen and oxygen atoms in total. The van der Waals surface area contributed by atoms with Crippen LogP contribution in [0.3, 0.4) is 0 Å². The van der Waals surface area contributed by atoms with E-state index in [1.54, 1.807) is 6.07 Å². The van der Waals surface area contributed by atoms with Crippen LogP contribution in [0.4, 0.5) is 18.9 Å². The number of halogens is 4. The molecule has 1 aliphatic heterocycles. The Balaban J connectivity index is 1.71. The Labute approximate surface area is 157 Å². The number of fused-ring (bicyclic) bond motifs is 1. The van der Waals surface area contributed by atoms with Crippen molar-refractivity contribution >= 4 is 17.3 Å². The lowest BCUT2D eigenvalue weighted by Crippen LogP contribution is -2.33. The topological polar surface area (TPSA) is 38.1 Å². The van der Waals surface area contributed by atoms with Crippen LogP contribution >= 0.6 is 11.6 Å². The van der Waals surface area contributed by atoms with Gasteiger partial charge in [0.15, 0.2) is 5.82 Å². The standard InChI is InChI=1S/C19H13ClF3N3O/c20-18-17(25-6-5-11-7-13(21)2-1-12(11)10-25)9-24-26(19(18)27)16-4-3-14(22)8-15(16)23/h1-4,7-9H,5-6,10H2. The van der Waals surface area contributed by atoms with E-state index in [-0.39, 0.29) is 16.5 Å². The van der Waals surface area contributed by atoms with E-state index in [0.29, 0.717) is 31.3 Å². The summed E-state index contributed by atoms with van der Waals surface area (Å²) in [5.41, 5.74) is 1.37. The number of aromatic nitrogens is 2. The third-order valence-corrected chi connectivity index (χ3v) is 4.91. The van der Waals surface area contributed by atoms with E-state index in [4.69, 9.17) is 11.6 Å². The highest BCUT2D eigenvalue weighted by molar-refractivity contribution is 6.33. The highest BCUT2D eigenvalue weighted by Gasteiger charge is 2.22. The first-order valence-electron chi connectivity index (χ1n) is 8.19. The summed E-state index contributed by atoms with van der Waals surface area (Å²) in [5.74, 6) is -1.96. The van der Waals surface area contributed by atoms with Crippen LogP contribution in [0, 0.1) is 17.5 Å². The van der Waals surface area contributed by atoms with Gasteiger partial charge in [-0.2, -0.15) is 9.78 Å². The summed E-state index contributed by atoms with van der Waals surface area (Å²) in [4.78, 5) is 14.5. The molecule has 2 heterocycles. The number of anilines is 1. The van der Waals surface area contributed by atoms with Gasteiger partial charge in [0.25, 0.3) is 5.56 Å². The Hall–Kier alpha value is -2.80. The second-order valence-corrected chi connectivity index (χ2v) is 6.62. The van der Waals surface area contributed by atoms with Crippen molar-refractivity contribution in [1.29, 1.82) is 0 Å². The Morgan fingerprint density at radius 2 is 1.70 bits per heavy atom. The van der Waals surface area contributed by atoms with Crippen LogP contribution in [0.5, 0.6) is 0 Å². The fourth-order valence-electron chi connectivity index (χ4n) is 3.20. The molecule has 0 aliphatic carbocycles. The second kappa shape index (κ2) is 6.74. The van der Waals surface area contributed by atoms with Crippen molar-refractivity contribution in [2.75, 3.05) is 11.4 Å². The van der Waals surface area contributed by atoms with Gasteiger partial charge in [-0.15, -0.1) is 0 Å². The third-order valence-electron chi connectivity index (χ3n) is 4.56. The number of rotatable bonds is 2. The van der Waals surface area contributed by atoms with Crippen LogP contribution in [-0.2, 0) is 13.0 Å². The molecule has 0 spiro atoms. The van der Waals surface area contributed by atoms with Gasteiger partial charge in [0.2, 0.25) is 0 Å². The van der Waals surface area contributed by atoms with Crippen LogP contribution in [0.15, 0.2) is 47.4 Å². The molecule has 0 saturated heterocycles. The van der Waals surface area contributed by atoms with Crippen molar-refractivity contribution in [2.45, 2.75) is 13.0 Å². The summed E-state index contributed by atoms with van der Waals surface area (Å²) in [7, 11) is 0. The van der Waals surface area contributed by atoms with Crippen LogP contribution < -0.4 is 10.5 Å². The zero-order valence-corrected chi connectivity index (χ0v) is 14.7. The lowest BCUT2D eigenvalue weighted by molar-refractivity contribution is 0.570. The molecule has 1 aliphatic rings. The molecule has 2 aromatic carbocycles. The smallest absolute Gasteiger partial charge is 0.292 e. The molecule has 0 radical (unpaired) electrons. The number of hydrogen-bond acceptors (Lipinski definition) is 3. The first-order valence-corrected chi connectivity index (χ1v) is 8.57. The first kappa shape index (κ1) is 17.6. The molecule has 138 valence electrons. The summed E-state index contributed by atoms with van der Waals surface area (Å²) in [6.07, 6.45) is 1.97. The lowest BCUT2D eigenvalue weighted by atomic mass is 9.99. The minimum Gasteiger partial charge on any atom is -0.364 e. The minimum atomic E-state index is -0.914. The number of nitrogens with zero attached hydrogens (tertiary/aromatic N) is 3. The highest BCUT2D eigenvalue weighted by atomic mass is 35.5. The minimum absolute atomic E-state index is 0.112. The SMILES string of the molecule is O=c1c(Cl)c(N2CCc3cc(F)ccc3C2)cnn1-c1ccc(F)cc1F. The van der Waals surface area contributed by atoms with E-state index in [2.05, 4.69) is 5.10 Å². The lowest BCUT2D eigenvalue weighted by Gasteiger charge is -2.31. The fourth-order valence-corrected chi connectivity index (χ4v) is 3.44. The maximum absolute atomic E-state index is 14.0. The molecular formula is C19H13ClF3N3O. The molecule has 4 rings (SSSR count). The molecule has 0 fully saturated rings. The molecule has 8 heteroatoms. The van der Waals surface area contributed by atoms with Gasteiger partial charge in [-0.1, -0.05) is 17.7 Å². The zero-order valence-electron chi connectivity index (χ0n) is 13.9. The molecule has 0 bridgehead atoms. The van der Waals surface area contributed by atoms with E-state index in [0.717, 1.165) is 27.9 Å². The summed E-state index contributed by atoms with van der Waals surface area (Å²) in [6, 6.07) is 7.42. The predicted octanol–water partition coefficient (Wildman–Crippen LogP) is 3.87. The monoisotopic (exact) mass is 391 g/mol. The van der Waals surface area contributed by atoms with Gasteiger partial charge >= 0.3 is 0 Å². The molecule has 0 atom stereocenters. The van der Waals surface area contributed by atoms with Crippen molar-refractivity contribution in [2.24, 2.45) is 0 Å². The largest absolute Gasteiger partial charge is 0.364 e. The average Bonchev–Trinajstić information content (AvgIpc) is 2.64. The van der Waals surface area contributed by atoms with Gasteiger partial charge in [0.05, 0.1) is 11.9 Å². The van der Waals surface area contributed by atoms with Gasteiger partial charge in [-0.25, -0.2) is 13.2 Å². The molecule has 3 aromatic rings. The molecule has 1 aromatic heterocycles. The van der Waals surface area contributed by atoms with Crippen molar-refractivity contribution in [3.63, 3.8) is 0 Å². The molecular weight excluding hydrogens is 379 g/mol. The Kier molecular flexibility index (Phi) is 4.39. The summed E-state index contributed by atoms with van der Waals surface area (Å²) in [6.45, 7) is 0.984. The van der Waals surface area contributed by atoms with Gasteiger partial charge in [-0.3, -0.25) is 4.79 Å². The first-order chi connectivity index (χ1) is 12.9. The number of benzene rings is 2. The van der Waals surface area contributed by atoms with Crippen LogP contribution in [0.1, 0.15) is 11.1 Å². The number of hydrogen-bond donors (Lipinski definition) is 0. The van der Waals surface area contributed by atoms with Crippen molar-refractivity contribution in [3.05, 3.63) is 86.6 Å². The zero-order chi connectivity index (χ0) is 19.1. The Bertz CT molecular complexity index is 1100. The molecule has 0 unspecified atom stereocenters. The molecule has 0 amide bonds. The predicted molar refractivity (Wildman–Crippen MR) is 95.9 cm³/mol. The van der Waals surface area contributed by atoms with E-state index in [1.165, 1.54) is 18.3 Å². The van der Waals surface area contributed by atoms with Crippen LogP contribution in [0.2, 0.25) is 5.02 Å². The quantitative estimate of drug-likeness (QED) is 0.665. The molecule has 27 heavy (non-hydrogen) atoms. The highest BCUT2D eigenvalue weighted by Crippen LogP contribution is 2.28. The summed E-state index contributed by atoms with van der Waals surface area (Å²) < 4.78 is 41.2. The third kappa shape index (κ3) is 3.19. The van der Waals surface area contributed by atoms with Crippen LogP contribution in [0.25, 0.3) is 5.69 Å². The van der Waals surface area contributed by atoms with Gasteiger partial charge in [0.1, 0.15) is 22.3 Å². The molecule has 0 saturated carbocycles. The van der Waals surface area contributed by atoms with Gasteiger partial charge < -0.3 is 4.90 Å². The second-order valence-electron chi connectivity index (χ2n) is 6.24. The van der Waals surface area contributed by atoms with E-state index in [9.17, 15) is 18.0 Å². The maximum Gasteiger partial charge on any atom is 0.292 e. The van der Waals surface area contributed by atoms with Crippen molar-refractivity contribution in [3.8, 4) is 5.69 Å². The fraction of sp³-hybridized carbons (Fsp3) is 0.158. The van der Waals surface area contributed by atoms with Gasteiger partial charge in [-0.05, 0) is 41.8 Å². The molecule has 0 N–H and O–H groups in total. The van der Waals surface area contributed by atoms with E-state index < -0.39 is 17.2 Å². The van der Waals surface area contributed by atoms with Crippen molar-refractivity contribution < 1.29 is 13.2 Å². The summed E-state index contributed by atoms with van der Waals surface area (Å²) in [5, 5.41) is 3.89. The Morgan fingerprint density at radius 3 is 2.48 bits per heavy atom. The van der Waals surface area contributed by atoms with Gasteiger partial charge in [0, 0.05) is 19.2 Å². The Morgan fingerprint density at radius 1 is 0.963 bits per heavy atom. The maximum atomic E-state index is 14.0. The summed E-state index contributed by atoms with van der Waals surface area (Å²) >= 11 is 6.25. The van der Waals surface area contributed by atoms with E-state index in [1.807, 2.05) is 4.90 Å². The van der Waals surface area contributed by atoms with Crippen LogP contribution in [-0.4, -0.2) is 16.3 Å². The average molecular weight is 392 g/mol. The van der Waals surface area contributed by atoms with E-state index >= 15 is 0 Å². The normalized spacial score (nSPS) is 13.6. The van der Waals surface area contributed by atoms with Crippen molar-refractivity contribution in [1.82, 2.24) is 9.78 Å².